The molecule has 10 heteroatoms. The first-order valence-corrected chi connectivity index (χ1v) is 13.7. The molecule has 1 aliphatic heterocycles. The second-order valence-corrected chi connectivity index (χ2v) is 10.6. The number of thiocarbonyl (C=S) groups is 1. The Labute approximate surface area is 220 Å². The smallest absolute Gasteiger partial charge is 0.267 e. The van der Waals surface area contributed by atoms with Gasteiger partial charge in [0, 0.05) is 38.2 Å². The number of pyridine rings is 1. The molecule has 0 atom stereocenters. The van der Waals surface area contributed by atoms with E-state index in [1.807, 2.05) is 29.8 Å². The van der Waals surface area contributed by atoms with Crippen LogP contribution in [0.5, 0.6) is 0 Å². The highest BCUT2D eigenvalue weighted by atomic mass is 32.2. The molecule has 0 aliphatic carbocycles. The Bertz CT molecular complexity index is 1320. The Morgan fingerprint density at radius 1 is 1.11 bits per heavy atom. The van der Waals surface area contributed by atoms with E-state index < -0.39 is 0 Å². The Morgan fingerprint density at radius 3 is 2.72 bits per heavy atom. The van der Waals surface area contributed by atoms with E-state index in [4.69, 9.17) is 17.2 Å². The molecule has 1 saturated heterocycles. The SMILES string of the molecule is CCCCCCCN1C(=O)C(=Cc2c(NCCCn3ccnc3)nc3c(C)cccn3c2=O)SC1=S. The molecule has 1 N–H and O–H groups in total. The van der Waals surface area contributed by atoms with Crippen LogP contribution in [0.15, 0.2) is 46.8 Å². The molecule has 36 heavy (non-hydrogen) atoms. The monoisotopic (exact) mass is 524 g/mol. The van der Waals surface area contributed by atoms with Crippen LogP contribution < -0.4 is 10.9 Å². The van der Waals surface area contributed by atoms with Crippen molar-refractivity contribution in [3.8, 4) is 0 Å². The van der Waals surface area contributed by atoms with Gasteiger partial charge in [0.05, 0.1) is 16.8 Å². The van der Waals surface area contributed by atoms with Crippen LogP contribution >= 0.6 is 24.0 Å². The Morgan fingerprint density at radius 2 is 1.94 bits per heavy atom. The molecule has 4 rings (SSSR count). The normalized spacial score (nSPS) is 14.9. The summed E-state index contributed by atoms with van der Waals surface area (Å²) in [6.07, 6.45) is 15.2. The molecule has 1 aliphatic rings. The van der Waals surface area contributed by atoms with E-state index in [9.17, 15) is 9.59 Å². The van der Waals surface area contributed by atoms with Crippen molar-refractivity contribution in [2.45, 2.75) is 58.9 Å². The van der Waals surface area contributed by atoms with Crippen LogP contribution in [0.1, 0.15) is 56.6 Å². The Kier molecular flexibility index (Phi) is 8.93. The van der Waals surface area contributed by atoms with Crippen LogP contribution in [0.4, 0.5) is 5.82 Å². The molecule has 3 aromatic heterocycles. The second kappa shape index (κ2) is 12.3. The lowest BCUT2D eigenvalue weighted by molar-refractivity contribution is -0.122. The maximum Gasteiger partial charge on any atom is 0.267 e. The van der Waals surface area contributed by atoms with Crippen molar-refractivity contribution in [3.63, 3.8) is 0 Å². The first kappa shape index (κ1) is 26.1. The van der Waals surface area contributed by atoms with Gasteiger partial charge in [-0.3, -0.25) is 18.9 Å². The van der Waals surface area contributed by atoms with Crippen molar-refractivity contribution in [2.75, 3.05) is 18.4 Å². The van der Waals surface area contributed by atoms with E-state index in [0.29, 0.717) is 39.3 Å². The number of nitrogens with zero attached hydrogens (tertiary/aromatic N) is 5. The number of hydrogen-bond acceptors (Lipinski definition) is 7. The Balaban J connectivity index is 1.57. The van der Waals surface area contributed by atoms with Crippen molar-refractivity contribution in [2.24, 2.45) is 0 Å². The molecule has 190 valence electrons. The standard InChI is InChI=1S/C26H32N6O2S2/c1-3-4-5-6-7-14-32-25(34)21(36-26(32)35)17-20-22(28-11-9-13-30-16-12-27-18-30)29-23-19(2)10-8-15-31(23)24(20)33/h8,10,12,15-18,28H,3-7,9,11,13-14H2,1-2H3. The maximum absolute atomic E-state index is 13.5. The van der Waals surface area contributed by atoms with E-state index in [0.717, 1.165) is 37.8 Å². The minimum Gasteiger partial charge on any atom is -0.369 e. The van der Waals surface area contributed by atoms with Gasteiger partial charge in [0.15, 0.2) is 0 Å². The van der Waals surface area contributed by atoms with Crippen molar-refractivity contribution < 1.29 is 4.79 Å². The number of fused-ring (bicyclic) bond motifs is 1. The van der Waals surface area contributed by atoms with E-state index in [1.165, 1.54) is 29.0 Å². The summed E-state index contributed by atoms with van der Waals surface area (Å²) in [6.45, 7) is 6.13. The highest BCUT2D eigenvalue weighted by Gasteiger charge is 2.32. The largest absolute Gasteiger partial charge is 0.369 e. The number of thioether (sulfide) groups is 1. The van der Waals surface area contributed by atoms with Gasteiger partial charge in [0.1, 0.15) is 15.8 Å². The van der Waals surface area contributed by atoms with Gasteiger partial charge in [-0.05, 0) is 37.5 Å². The number of carbonyl (C=O) groups excluding carboxylic acids is 1. The molecule has 0 unspecified atom stereocenters. The predicted octanol–water partition coefficient (Wildman–Crippen LogP) is 4.87. The van der Waals surface area contributed by atoms with Gasteiger partial charge in [0.2, 0.25) is 0 Å². The fourth-order valence-electron chi connectivity index (χ4n) is 4.16. The highest BCUT2D eigenvalue weighted by molar-refractivity contribution is 8.26. The topological polar surface area (TPSA) is 84.5 Å². The number of aromatic nitrogens is 4. The first-order valence-electron chi connectivity index (χ1n) is 12.5. The average molecular weight is 525 g/mol. The number of unbranched alkanes of at least 4 members (excludes halogenated alkanes) is 4. The van der Waals surface area contributed by atoms with Gasteiger partial charge in [-0.15, -0.1) is 0 Å². The maximum atomic E-state index is 13.5. The number of rotatable bonds is 12. The van der Waals surface area contributed by atoms with E-state index in [-0.39, 0.29) is 11.5 Å². The second-order valence-electron chi connectivity index (χ2n) is 8.89. The molecule has 8 nitrogen and oxygen atoms in total. The lowest BCUT2D eigenvalue weighted by Crippen LogP contribution is -2.29. The summed E-state index contributed by atoms with van der Waals surface area (Å²) in [4.78, 5) is 37.6. The molecular formula is C26H32N6O2S2. The third kappa shape index (κ3) is 6.04. The summed E-state index contributed by atoms with van der Waals surface area (Å²) in [7, 11) is 0. The zero-order valence-corrected chi connectivity index (χ0v) is 22.4. The van der Waals surface area contributed by atoms with E-state index in [1.54, 1.807) is 29.7 Å². The molecule has 0 radical (unpaired) electrons. The van der Waals surface area contributed by atoms with Crippen molar-refractivity contribution in [1.82, 2.24) is 23.8 Å². The van der Waals surface area contributed by atoms with Gasteiger partial charge >= 0.3 is 0 Å². The summed E-state index contributed by atoms with van der Waals surface area (Å²) < 4.78 is 4.08. The van der Waals surface area contributed by atoms with Crippen LogP contribution in [-0.4, -0.2) is 47.2 Å². The highest BCUT2D eigenvalue weighted by Crippen LogP contribution is 2.33. The number of nitrogens with one attached hydrogen (secondary N) is 1. The molecule has 1 fully saturated rings. The number of carbonyl (C=O) groups is 1. The average Bonchev–Trinajstić information content (AvgIpc) is 3.48. The lowest BCUT2D eigenvalue weighted by atomic mass is 10.1. The first-order chi connectivity index (χ1) is 17.5. The molecule has 0 saturated carbocycles. The van der Waals surface area contributed by atoms with Gasteiger partial charge in [-0.1, -0.05) is 62.7 Å². The molecular weight excluding hydrogens is 492 g/mol. The van der Waals surface area contributed by atoms with Crippen molar-refractivity contribution in [1.29, 1.82) is 0 Å². The zero-order chi connectivity index (χ0) is 25.5. The van der Waals surface area contributed by atoms with Crippen LogP contribution in [0, 0.1) is 6.92 Å². The summed E-state index contributed by atoms with van der Waals surface area (Å²) in [5.74, 6) is 0.338. The van der Waals surface area contributed by atoms with Crippen LogP contribution in [0.25, 0.3) is 11.7 Å². The summed E-state index contributed by atoms with van der Waals surface area (Å²) >= 11 is 6.75. The fourth-order valence-corrected chi connectivity index (χ4v) is 5.45. The number of amides is 1. The van der Waals surface area contributed by atoms with Gasteiger partial charge in [0.25, 0.3) is 11.5 Å². The third-order valence-electron chi connectivity index (χ3n) is 6.16. The van der Waals surface area contributed by atoms with Gasteiger partial charge < -0.3 is 9.88 Å². The lowest BCUT2D eigenvalue weighted by Gasteiger charge is -2.14. The van der Waals surface area contributed by atoms with E-state index >= 15 is 0 Å². The van der Waals surface area contributed by atoms with Crippen molar-refractivity contribution in [3.05, 3.63) is 63.4 Å². The molecule has 1 amide bonds. The fraction of sp³-hybridized carbons (Fsp3) is 0.423. The molecule has 0 bridgehead atoms. The third-order valence-corrected chi connectivity index (χ3v) is 7.54. The van der Waals surface area contributed by atoms with E-state index in [2.05, 4.69) is 17.2 Å². The van der Waals surface area contributed by atoms with Gasteiger partial charge in [-0.25, -0.2) is 9.97 Å². The minimum atomic E-state index is -0.217. The Hall–Kier alpha value is -2.98. The molecule has 3 aromatic rings. The predicted molar refractivity (Wildman–Crippen MR) is 150 cm³/mol. The van der Waals surface area contributed by atoms with Crippen molar-refractivity contribution >= 4 is 51.7 Å². The summed E-state index contributed by atoms with van der Waals surface area (Å²) in [5, 5.41) is 3.33. The number of imidazole rings is 1. The quantitative estimate of drug-likeness (QED) is 0.205. The van der Waals surface area contributed by atoms with Gasteiger partial charge in [-0.2, -0.15) is 0 Å². The van der Waals surface area contributed by atoms with Crippen LogP contribution in [-0.2, 0) is 11.3 Å². The molecule has 4 heterocycles. The minimum absolute atomic E-state index is 0.139. The molecule has 0 aromatic carbocycles. The molecule has 0 spiro atoms. The number of anilines is 1. The summed E-state index contributed by atoms with van der Waals surface area (Å²) in [6, 6.07) is 3.75. The number of hydrogen-bond donors (Lipinski definition) is 1. The zero-order valence-electron chi connectivity index (χ0n) is 20.8. The summed E-state index contributed by atoms with van der Waals surface area (Å²) in [5.41, 5.74) is 1.64. The number of aryl methyl sites for hydroxylation is 2. The van der Waals surface area contributed by atoms with Crippen LogP contribution in [0.3, 0.4) is 0 Å². The van der Waals surface area contributed by atoms with Crippen LogP contribution in [0.2, 0.25) is 0 Å².